The molecule has 0 bridgehead atoms. The Morgan fingerprint density at radius 3 is 2.50 bits per heavy atom. The van der Waals surface area contributed by atoms with Gasteiger partial charge in [-0.25, -0.2) is 0 Å². The summed E-state index contributed by atoms with van der Waals surface area (Å²) in [6.45, 7) is 3.68. The van der Waals surface area contributed by atoms with E-state index in [-0.39, 0.29) is 0 Å². The molecule has 110 valence electrons. The predicted octanol–water partition coefficient (Wildman–Crippen LogP) is 4.80. The van der Waals surface area contributed by atoms with Gasteiger partial charge >= 0.3 is 0 Å². The molecule has 3 unspecified atom stereocenters. The molecule has 0 aliphatic heterocycles. The van der Waals surface area contributed by atoms with Crippen LogP contribution in [0.3, 0.4) is 0 Å². The van der Waals surface area contributed by atoms with Crippen molar-refractivity contribution in [3.63, 3.8) is 0 Å². The molecule has 2 aliphatic carbocycles. The van der Waals surface area contributed by atoms with Crippen molar-refractivity contribution in [2.24, 2.45) is 17.8 Å². The van der Waals surface area contributed by atoms with E-state index in [0.717, 1.165) is 23.8 Å². The standard InChI is InChI=1S/C18H26BrN/c1-13-2-5-15(12-20-18-8-9-18)16(10-13)11-14-3-6-17(19)7-4-14/h3-4,6-7,13,15-16,18,20H,2,5,8-12H2,1H3. The van der Waals surface area contributed by atoms with E-state index in [1.54, 1.807) is 0 Å². The van der Waals surface area contributed by atoms with Gasteiger partial charge < -0.3 is 5.32 Å². The molecule has 20 heavy (non-hydrogen) atoms. The number of hydrogen-bond acceptors (Lipinski definition) is 1. The SMILES string of the molecule is CC1CCC(CNC2CC2)C(Cc2ccc(Br)cc2)C1. The fraction of sp³-hybridized carbons (Fsp3) is 0.667. The summed E-state index contributed by atoms with van der Waals surface area (Å²) in [5.41, 5.74) is 1.50. The van der Waals surface area contributed by atoms with Gasteiger partial charge in [0.25, 0.3) is 0 Å². The van der Waals surface area contributed by atoms with Crippen LogP contribution in [0.1, 0.15) is 44.6 Å². The number of nitrogens with one attached hydrogen (secondary N) is 1. The quantitative estimate of drug-likeness (QED) is 0.815. The van der Waals surface area contributed by atoms with Crippen LogP contribution in [-0.4, -0.2) is 12.6 Å². The first-order chi connectivity index (χ1) is 9.70. The molecule has 2 heteroatoms. The highest BCUT2D eigenvalue weighted by molar-refractivity contribution is 9.10. The summed E-state index contributed by atoms with van der Waals surface area (Å²) in [7, 11) is 0. The molecule has 0 radical (unpaired) electrons. The second-order valence-corrected chi connectivity index (χ2v) is 7.87. The molecule has 0 heterocycles. The van der Waals surface area contributed by atoms with Crippen molar-refractivity contribution in [2.45, 2.75) is 51.5 Å². The van der Waals surface area contributed by atoms with Crippen molar-refractivity contribution in [1.82, 2.24) is 5.32 Å². The van der Waals surface area contributed by atoms with Gasteiger partial charge in [0.2, 0.25) is 0 Å². The lowest BCUT2D eigenvalue weighted by Crippen LogP contribution is -2.34. The maximum absolute atomic E-state index is 3.76. The van der Waals surface area contributed by atoms with Crippen LogP contribution in [0.15, 0.2) is 28.7 Å². The first-order valence-corrected chi connectivity index (χ1v) is 8.98. The molecule has 0 saturated heterocycles. The summed E-state index contributed by atoms with van der Waals surface area (Å²) in [6, 6.07) is 9.78. The Labute approximate surface area is 131 Å². The maximum Gasteiger partial charge on any atom is 0.0175 e. The Hall–Kier alpha value is -0.340. The summed E-state index contributed by atoms with van der Waals surface area (Å²) in [6.07, 6.45) is 8.32. The van der Waals surface area contributed by atoms with Gasteiger partial charge in [-0.1, -0.05) is 41.4 Å². The van der Waals surface area contributed by atoms with Gasteiger partial charge in [0.05, 0.1) is 0 Å². The van der Waals surface area contributed by atoms with Crippen molar-refractivity contribution in [1.29, 1.82) is 0 Å². The topological polar surface area (TPSA) is 12.0 Å². The number of halogens is 1. The molecule has 3 rings (SSSR count). The molecule has 0 amide bonds. The van der Waals surface area contributed by atoms with Crippen LogP contribution >= 0.6 is 15.9 Å². The van der Waals surface area contributed by atoms with Gasteiger partial charge in [-0.05, 0) is 74.1 Å². The predicted molar refractivity (Wildman–Crippen MR) is 88.9 cm³/mol. The zero-order valence-corrected chi connectivity index (χ0v) is 14.0. The Morgan fingerprint density at radius 2 is 1.80 bits per heavy atom. The highest BCUT2D eigenvalue weighted by atomic mass is 79.9. The second kappa shape index (κ2) is 6.62. The van der Waals surface area contributed by atoms with Gasteiger partial charge in [0.15, 0.2) is 0 Å². The highest BCUT2D eigenvalue weighted by Gasteiger charge is 2.30. The third-order valence-corrected chi connectivity index (χ3v) is 5.59. The maximum atomic E-state index is 3.76. The third kappa shape index (κ3) is 4.08. The van der Waals surface area contributed by atoms with E-state index < -0.39 is 0 Å². The molecule has 0 spiro atoms. The van der Waals surface area contributed by atoms with Crippen LogP contribution in [0.2, 0.25) is 0 Å². The molecule has 1 N–H and O–H groups in total. The highest BCUT2D eigenvalue weighted by Crippen LogP contribution is 2.36. The molecule has 2 aliphatic rings. The van der Waals surface area contributed by atoms with Crippen molar-refractivity contribution in [2.75, 3.05) is 6.54 Å². The van der Waals surface area contributed by atoms with Gasteiger partial charge in [0.1, 0.15) is 0 Å². The van der Waals surface area contributed by atoms with Crippen LogP contribution in [0, 0.1) is 17.8 Å². The molecular weight excluding hydrogens is 310 g/mol. The summed E-state index contributed by atoms with van der Waals surface area (Å²) in [4.78, 5) is 0. The lowest BCUT2D eigenvalue weighted by atomic mass is 9.72. The van der Waals surface area contributed by atoms with Gasteiger partial charge in [0, 0.05) is 10.5 Å². The van der Waals surface area contributed by atoms with Crippen LogP contribution in [-0.2, 0) is 6.42 Å². The number of benzene rings is 1. The van der Waals surface area contributed by atoms with Gasteiger partial charge in [-0.3, -0.25) is 0 Å². The lowest BCUT2D eigenvalue weighted by Gasteiger charge is -2.35. The largest absolute Gasteiger partial charge is 0.314 e. The van der Waals surface area contributed by atoms with E-state index in [1.807, 2.05) is 0 Å². The van der Waals surface area contributed by atoms with Crippen molar-refractivity contribution in [3.8, 4) is 0 Å². The molecule has 1 nitrogen and oxygen atoms in total. The monoisotopic (exact) mass is 335 g/mol. The summed E-state index contributed by atoms with van der Waals surface area (Å²) >= 11 is 3.53. The summed E-state index contributed by atoms with van der Waals surface area (Å²) in [5.74, 6) is 2.66. The van der Waals surface area contributed by atoms with Crippen LogP contribution in [0.4, 0.5) is 0 Å². The van der Waals surface area contributed by atoms with E-state index in [1.165, 1.54) is 55.1 Å². The van der Waals surface area contributed by atoms with E-state index in [4.69, 9.17) is 0 Å². The van der Waals surface area contributed by atoms with Crippen LogP contribution in [0.25, 0.3) is 0 Å². The van der Waals surface area contributed by atoms with Crippen LogP contribution < -0.4 is 5.32 Å². The average molecular weight is 336 g/mol. The second-order valence-electron chi connectivity index (χ2n) is 6.95. The molecule has 1 aromatic rings. The normalized spacial score (nSPS) is 30.4. The van der Waals surface area contributed by atoms with E-state index in [2.05, 4.69) is 52.4 Å². The van der Waals surface area contributed by atoms with Crippen LogP contribution in [0.5, 0.6) is 0 Å². The zero-order valence-electron chi connectivity index (χ0n) is 12.4. The van der Waals surface area contributed by atoms with E-state index in [0.29, 0.717) is 0 Å². The Morgan fingerprint density at radius 1 is 1.05 bits per heavy atom. The Bertz CT molecular complexity index is 424. The molecule has 0 aromatic heterocycles. The summed E-state index contributed by atoms with van der Waals surface area (Å²) in [5, 5.41) is 3.76. The first kappa shape index (κ1) is 14.6. The fourth-order valence-corrected chi connectivity index (χ4v) is 3.87. The Kier molecular flexibility index (Phi) is 4.83. The van der Waals surface area contributed by atoms with E-state index in [9.17, 15) is 0 Å². The molecule has 2 fully saturated rings. The molecule has 3 atom stereocenters. The Balaban J connectivity index is 1.60. The molecular formula is C18H26BrN. The van der Waals surface area contributed by atoms with Crippen molar-refractivity contribution < 1.29 is 0 Å². The number of hydrogen-bond donors (Lipinski definition) is 1. The molecule has 2 saturated carbocycles. The lowest BCUT2D eigenvalue weighted by molar-refractivity contribution is 0.183. The van der Waals surface area contributed by atoms with Crippen molar-refractivity contribution >= 4 is 15.9 Å². The average Bonchev–Trinajstić information content (AvgIpc) is 3.25. The summed E-state index contributed by atoms with van der Waals surface area (Å²) < 4.78 is 1.19. The smallest absolute Gasteiger partial charge is 0.0175 e. The number of rotatable bonds is 5. The van der Waals surface area contributed by atoms with Gasteiger partial charge in [-0.2, -0.15) is 0 Å². The molecule has 1 aromatic carbocycles. The fourth-order valence-electron chi connectivity index (χ4n) is 3.61. The van der Waals surface area contributed by atoms with Gasteiger partial charge in [-0.15, -0.1) is 0 Å². The first-order valence-electron chi connectivity index (χ1n) is 8.18. The van der Waals surface area contributed by atoms with Crippen molar-refractivity contribution in [3.05, 3.63) is 34.3 Å². The zero-order chi connectivity index (χ0) is 13.9. The minimum absolute atomic E-state index is 0.850. The minimum Gasteiger partial charge on any atom is -0.314 e. The minimum atomic E-state index is 0.850. The third-order valence-electron chi connectivity index (χ3n) is 5.06. The van der Waals surface area contributed by atoms with E-state index >= 15 is 0 Å².